The number of nitrogens with zero attached hydrogens (tertiary/aromatic N) is 5. The monoisotopic (exact) mass is 595 g/mol. The Morgan fingerprint density at radius 3 is 2.51 bits per heavy atom. The Kier molecular flexibility index (Phi) is 8.10. The van der Waals surface area contributed by atoms with E-state index in [-0.39, 0.29) is 36.0 Å². The van der Waals surface area contributed by atoms with Gasteiger partial charge in [0.2, 0.25) is 17.8 Å². The van der Waals surface area contributed by atoms with Gasteiger partial charge in [-0.25, -0.2) is 27.5 Å². The predicted octanol–water partition coefficient (Wildman–Crippen LogP) is 2.93. The van der Waals surface area contributed by atoms with Gasteiger partial charge in [0.05, 0.1) is 12.2 Å². The molecule has 1 saturated carbocycles. The zero-order valence-corrected chi connectivity index (χ0v) is 22.7. The highest BCUT2D eigenvalue weighted by molar-refractivity contribution is 6.09. The molecule has 14 heteroatoms. The lowest BCUT2D eigenvalue weighted by molar-refractivity contribution is -0.133. The van der Waals surface area contributed by atoms with Crippen molar-refractivity contribution >= 4 is 29.4 Å². The Labute approximate surface area is 243 Å². The SMILES string of the molecule is Cc1ccccc1[C@@H](C(=O)NC1CC(F)(F)C1)N(C(=O)[C@@H]1CNCC(=O)N1c1nccc(C#N)n1)c1cc(F)cc(F)c1. The summed E-state index contributed by atoms with van der Waals surface area (Å²) in [5.41, 5.74) is 0.347. The molecule has 0 bridgehead atoms. The number of hydrogen-bond acceptors (Lipinski definition) is 7. The Morgan fingerprint density at radius 1 is 1.16 bits per heavy atom. The number of aromatic nitrogens is 2. The third kappa shape index (κ3) is 6.17. The van der Waals surface area contributed by atoms with Crippen LogP contribution in [-0.4, -0.2) is 58.8 Å². The average Bonchev–Trinajstić information content (AvgIpc) is 2.94. The summed E-state index contributed by atoms with van der Waals surface area (Å²) in [6.07, 6.45) is 0.0156. The lowest BCUT2D eigenvalue weighted by Gasteiger charge is -2.41. The van der Waals surface area contributed by atoms with Crippen molar-refractivity contribution in [2.75, 3.05) is 22.9 Å². The van der Waals surface area contributed by atoms with Crippen LogP contribution in [0.2, 0.25) is 0 Å². The number of nitriles is 1. The number of hydrogen-bond donors (Lipinski definition) is 2. The molecule has 2 heterocycles. The molecule has 0 unspecified atom stereocenters. The second-order valence-electron chi connectivity index (χ2n) is 10.3. The summed E-state index contributed by atoms with van der Waals surface area (Å²) in [7, 11) is 0. The molecule has 2 atom stereocenters. The second-order valence-corrected chi connectivity index (χ2v) is 10.3. The number of carbonyl (C=O) groups is 3. The fraction of sp³-hybridized carbons (Fsp3) is 0.310. The van der Waals surface area contributed by atoms with E-state index in [1.54, 1.807) is 25.1 Å². The minimum absolute atomic E-state index is 0.0824. The topological polar surface area (TPSA) is 131 Å². The lowest BCUT2D eigenvalue weighted by atomic mass is 9.87. The van der Waals surface area contributed by atoms with Crippen LogP contribution in [0.1, 0.15) is 35.7 Å². The van der Waals surface area contributed by atoms with Crippen LogP contribution in [0.15, 0.2) is 54.7 Å². The van der Waals surface area contributed by atoms with E-state index in [1.807, 2.05) is 6.07 Å². The molecule has 2 aliphatic rings. The van der Waals surface area contributed by atoms with Gasteiger partial charge in [-0.05, 0) is 36.2 Å². The molecule has 2 fully saturated rings. The van der Waals surface area contributed by atoms with Gasteiger partial charge in [0.25, 0.3) is 11.8 Å². The number of nitrogens with one attached hydrogen (secondary N) is 2. The molecular formula is C29H25F4N7O3. The maximum absolute atomic E-state index is 14.6. The molecule has 222 valence electrons. The molecule has 5 rings (SSSR count). The molecule has 1 saturated heterocycles. The first kappa shape index (κ1) is 29.6. The molecule has 0 spiro atoms. The molecule has 1 aromatic heterocycles. The van der Waals surface area contributed by atoms with E-state index < -0.39 is 66.2 Å². The minimum atomic E-state index is -2.95. The summed E-state index contributed by atoms with van der Waals surface area (Å²) in [5, 5.41) is 14.7. The third-order valence-electron chi connectivity index (χ3n) is 7.24. The van der Waals surface area contributed by atoms with Crippen molar-refractivity contribution in [2.45, 2.75) is 43.8 Å². The molecule has 2 aromatic carbocycles. The molecule has 2 N–H and O–H groups in total. The Morgan fingerprint density at radius 2 is 1.86 bits per heavy atom. The smallest absolute Gasteiger partial charge is 0.252 e. The number of piperazine rings is 1. The first-order valence-corrected chi connectivity index (χ1v) is 13.3. The van der Waals surface area contributed by atoms with E-state index in [9.17, 15) is 37.2 Å². The highest BCUT2D eigenvalue weighted by Gasteiger charge is 2.48. The van der Waals surface area contributed by atoms with Gasteiger partial charge >= 0.3 is 0 Å². The van der Waals surface area contributed by atoms with Gasteiger partial charge in [0.15, 0.2) is 0 Å². The highest BCUT2D eigenvalue weighted by Crippen LogP contribution is 2.39. The number of aryl methyl sites for hydroxylation is 1. The van der Waals surface area contributed by atoms with Crippen LogP contribution in [0.4, 0.5) is 29.2 Å². The fourth-order valence-corrected chi connectivity index (χ4v) is 5.22. The number of alkyl halides is 2. The van der Waals surface area contributed by atoms with Crippen LogP contribution in [0.3, 0.4) is 0 Å². The van der Waals surface area contributed by atoms with E-state index in [1.165, 1.54) is 18.3 Å². The van der Waals surface area contributed by atoms with Crippen molar-refractivity contribution in [3.05, 3.63) is 83.2 Å². The van der Waals surface area contributed by atoms with Crippen molar-refractivity contribution in [3.63, 3.8) is 0 Å². The summed E-state index contributed by atoms with van der Waals surface area (Å²) < 4.78 is 56.5. The third-order valence-corrected chi connectivity index (χ3v) is 7.24. The number of amides is 3. The van der Waals surface area contributed by atoms with Gasteiger partial charge in [-0.2, -0.15) is 5.26 Å². The normalized spacial score (nSPS) is 18.7. The summed E-state index contributed by atoms with van der Waals surface area (Å²) in [5.74, 6) is -7.76. The highest BCUT2D eigenvalue weighted by atomic mass is 19.3. The van der Waals surface area contributed by atoms with Crippen LogP contribution in [0.25, 0.3) is 0 Å². The summed E-state index contributed by atoms with van der Waals surface area (Å²) in [6, 6.07) is 7.97. The second kappa shape index (κ2) is 11.8. The zero-order chi connectivity index (χ0) is 30.9. The van der Waals surface area contributed by atoms with E-state index >= 15 is 0 Å². The average molecular weight is 596 g/mol. The van der Waals surface area contributed by atoms with Crippen LogP contribution in [-0.2, 0) is 14.4 Å². The van der Waals surface area contributed by atoms with Gasteiger partial charge in [0.1, 0.15) is 35.5 Å². The van der Waals surface area contributed by atoms with Crippen molar-refractivity contribution in [1.29, 1.82) is 5.26 Å². The van der Waals surface area contributed by atoms with E-state index in [0.29, 0.717) is 11.6 Å². The molecule has 1 aliphatic heterocycles. The maximum Gasteiger partial charge on any atom is 0.252 e. The largest absolute Gasteiger partial charge is 0.351 e. The number of benzene rings is 2. The van der Waals surface area contributed by atoms with Crippen molar-refractivity contribution in [3.8, 4) is 6.07 Å². The molecular weight excluding hydrogens is 570 g/mol. The molecule has 1 aliphatic carbocycles. The lowest BCUT2D eigenvalue weighted by Crippen LogP contribution is -2.63. The summed E-state index contributed by atoms with van der Waals surface area (Å²) in [6.45, 7) is 1.27. The Balaban J connectivity index is 1.65. The van der Waals surface area contributed by atoms with Gasteiger partial charge in [0, 0.05) is 37.7 Å². The minimum Gasteiger partial charge on any atom is -0.351 e. The van der Waals surface area contributed by atoms with E-state index in [0.717, 1.165) is 21.9 Å². The zero-order valence-electron chi connectivity index (χ0n) is 22.7. The predicted molar refractivity (Wildman–Crippen MR) is 145 cm³/mol. The number of carbonyl (C=O) groups excluding carboxylic acids is 3. The standard InChI is InChI=1S/C29H25F4N7O3/c1-16-4-2-3-5-22(16)25(26(42)37-20-11-29(32,33)12-20)39(21-9-17(30)8-18(31)10-21)27(43)23-14-35-15-24(41)40(23)28-36-7-6-19(13-34)38-28/h2-10,20,23,25,35H,11-12,14-15H2,1H3,(H,37,42)/t23-,25-/m0/s1. The van der Waals surface area contributed by atoms with Crippen LogP contribution in [0, 0.1) is 29.9 Å². The van der Waals surface area contributed by atoms with Crippen molar-refractivity contribution < 1.29 is 31.9 Å². The Hall–Kier alpha value is -4.90. The number of anilines is 2. The summed E-state index contributed by atoms with van der Waals surface area (Å²) >= 11 is 0. The molecule has 3 aromatic rings. The molecule has 10 nitrogen and oxygen atoms in total. The molecule has 43 heavy (non-hydrogen) atoms. The van der Waals surface area contributed by atoms with Crippen LogP contribution in [0.5, 0.6) is 0 Å². The van der Waals surface area contributed by atoms with Crippen molar-refractivity contribution in [2.24, 2.45) is 0 Å². The van der Waals surface area contributed by atoms with Gasteiger partial charge in [-0.15, -0.1) is 0 Å². The number of halogens is 4. The van der Waals surface area contributed by atoms with Crippen molar-refractivity contribution in [1.82, 2.24) is 20.6 Å². The quantitative estimate of drug-likeness (QED) is 0.402. The first-order chi connectivity index (χ1) is 20.5. The van der Waals surface area contributed by atoms with E-state index in [2.05, 4.69) is 20.6 Å². The maximum atomic E-state index is 14.6. The number of rotatable bonds is 7. The van der Waals surface area contributed by atoms with Crippen LogP contribution < -0.4 is 20.4 Å². The first-order valence-electron chi connectivity index (χ1n) is 13.3. The molecule has 0 radical (unpaired) electrons. The van der Waals surface area contributed by atoms with E-state index in [4.69, 9.17) is 0 Å². The van der Waals surface area contributed by atoms with Crippen LogP contribution >= 0.6 is 0 Å². The van der Waals surface area contributed by atoms with Gasteiger partial charge in [-0.1, -0.05) is 24.3 Å². The fourth-order valence-electron chi connectivity index (χ4n) is 5.22. The molecule has 3 amide bonds. The summed E-state index contributed by atoms with van der Waals surface area (Å²) in [4.78, 5) is 51.5. The van der Waals surface area contributed by atoms with Gasteiger partial charge in [-0.3, -0.25) is 24.2 Å². The van der Waals surface area contributed by atoms with Gasteiger partial charge < -0.3 is 10.6 Å². The Bertz CT molecular complexity index is 1600.